The molecule has 3 rings (SSSR count). The highest BCUT2D eigenvalue weighted by Gasteiger charge is 2.07. The van der Waals surface area contributed by atoms with Crippen LogP contribution in [-0.2, 0) is 4.79 Å². The van der Waals surface area contributed by atoms with Gasteiger partial charge in [0.05, 0.1) is 7.11 Å². The van der Waals surface area contributed by atoms with Gasteiger partial charge in [0.15, 0.2) is 5.11 Å². The number of benzene rings is 3. The first-order valence-electron chi connectivity index (χ1n) is 8.78. The number of amides is 2. The lowest BCUT2D eigenvalue weighted by molar-refractivity contribution is -0.115. The van der Waals surface area contributed by atoms with E-state index in [1.54, 1.807) is 37.5 Å². The lowest BCUT2D eigenvalue weighted by atomic mass is 10.0. The van der Waals surface area contributed by atoms with E-state index in [1.165, 1.54) is 6.08 Å². The lowest BCUT2D eigenvalue weighted by Gasteiger charge is -2.10. The fourth-order valence-electron chi connectivity index (χ4n) is 2.67. The maximum atomic E-state index is 12.1. The van der Waals surface area contributed by atoms with E-state index in [-0.39, 0.29) is 5.11 Å². The number of methoxy groups -OCH3 is 1. The van der Waals surface area contributed by atoms with Gasteiger partial charge < -0.3 is 4.74 Å². The van der Waals surface area contributed by atoms with Gasteiger partial charge >= 0.3 is 0 Å². The molecule has 0 atom stereocenters. The second-order valence-corrected chi connectivity index (χ2v) is 6.44. The van der Waals surface area contributed by atoms with Crippen molar-refractivity contribution in [2.75, 3.05) is 7.11 Å². The lowest BCUT2D eigenvalue weighted by Crippen LogP contribution is -2.48. The normalized spacial score (nSPS) is 10.5. The number of carbonyl (C=O) groups excluding carboxylic acids is 2. The molecule has 0 aromatic heterocycles. The Bertz CT molecular complexity index is 1070. The molecule has 7 heteroatoms. The second kappa shape index (κ2) is 9.48. The molecule has 0 aliphatic rings. The fraction of sp³-hybridized carbons (Fsp3) is 0.0455. The van der Waals surface area contributed by atoms with Crippen LogP contribution in [0.2, 0.25) is 0 Å². The smallest absolute Gasteiger partial charge is 0.269 e. The molecule has 146 valence electrons. The molecular formula is C22H19N3O3S. The number of hydrazine groups is 1. The van der Waals surface area contributed by atoms with Gasteiger partial charge in [0.25, 0.3) is 5.91 Å². The molecule has 3 N–H and O–H groups in total. The Balaban J connectivity index is 1.52. The third kappa shape index (κ3) is 5.40. The summed E-state index contributed by atoms with van der Waals surface area (Å²) in [5, 5.41) is 4.61. The third-order valence-corrected chi connectivity index (χ3v) is 4.32. The van der Waals surface area contributed by atoms with Gasteiger partial charge in [-0.3, -0.25) is 25.8 Å². The maximum absolute atomic E-state index is 12.1. The highest BCUT2D eigenvalue weighted by atomic mass is 32.1. The van der Waals surface area contributed by atoms with Crippen molar-refractivity contribution in [1.29, 1.82) is 0 Å². The molecule has 6 nitrogen and oxygen atoms in total. The minimum Gasteiger partial charge on any atom is -0.497 e. The molecule has 0 aliphatic heterocycles. The van der Waals surface area contributed by atoms with Gasteiger partial charge in [-0.1, -0.05) is 42.5 Å². The Morgan fingerprint density at radius 2 is 1.66 bits per heavy atom. The number of fused-ring (bicyclic) bond motifs is 1. The van der Waals surface area contributed by atoms with Crippen molar-refractivity contribution in [3.63, 3.8) is 0 Å². The van der Waals surface area contributed by atoms with Gasteiger partial charge in [-0.25, -0.2) is 0 Å². The van der Waals surface area contributed by atoms with Gasteiger partial charge in [0, 0.05) is 11.6 Å². The summed E-state index contributed by atoms with van der Waals surface area (Å²) in [5.74, 6) is -0.153. The van der Waals surface area contributed by atoms with Crippen LogP contribution in [0.5, 0.6) is 5.75 Å². The van der Waals surface area contributed by atoms with Crippen LogP contribution < -0.4 is 20.9 Å². The van der Waals surface area contributed by atoms with Crippen molar-refractivity contribution in [3.05, 3.63) is 83.9 Å². The summed E-state index contributed by atoms with van der Waals surface area (Å²) in [6.07, 6.45) is 3.11. The van der Waals surface area contributed by atoms with Crippen LogP contribution in [-0.4, -0.2) is 24.0 Å². The first kappa shape index (κ1) is 20.0. The van der Waals surface area contributed by atoms with Gasteiger partial charge in [-0.15, -0.1) is 0 Å². The zero-order valence-electron chi connectivity index (χ0n) is 15.6. The molecule has 29 heavy (non-hydrogen) atoms. The molecule has 0 radical (unpaired) electrons. The van der Waals surface area contributed by atoms with E-state index in [0.717, 1.165) is 16.3 Å². The molecule has 0 spiro atoms. The maximum Gasteiger partial charge on any atom is 0.269 e. The number of thiocarbonyl (C=S) groups is 1. The van der Waals surface area contributed by atoms with Gasteiger partial charge in [-0.2, -0.15) is 0 Å². The number of ether oxygens (including phenoxy) is 1. The van der Waals surface area contributed by atoms with E-state index in [0.29, 0.717) is 11.3 Å². The molecule has 0 unspecified atom stereocenters. The molecule has 0 saturated carbocycles. The highest BCUT2D eigenvalue weighted by Crippen LogP contribution is 2.19. The van der Waals surface area contributed by atoms with Gasteiger partial charge in [-0.05, 0) is 58.9 Å². The summed E-state index contributed by atoms with van der Waals surface area (Å²) in [7, 11) is 1.55. The average Bonchev–Trinajstić information content (AvgIpc) is 2.76. The summed E-state index contributed by atoms with van der Waals surface area (Å²) in [5.41, 5.74) is 6.27. The minimum absolute atomic E-state index is 0.0144. The number of rotatable bonds is 4. The number of nitrogens with one attached hydrogen (secondary N) is 3. The molecule has 0 bridgehead atoms. The predicted octanol–water partition coefficient (Wildman–Crippen LogP) is 3.20. The van der Waals surface area contributed by atoms with E-state index in [4.69, 9.17) is 17.0 Å². The SMILES string of the molecule is COc1ccc(C(=O)NNC(=S)NC(=O)/C=C/c2cccc3ccccc23)cc1. The Kier molecular flexibility index (Phi) is 6.55. The quantitative estimate of drug-likeness (QED) is 0.353. The fourth-order valence-corrected chi connectivity index (χ4v) is 2.83. The van der Waals surface area contributed by atoms with Crippen LogP contribution in [0, 0.1) is 0 Å². The standard InChI is InChI=1S/C22H19N3O3S/c1-28-18-12-9-17(10-13-18)21(27)24-25-22(29)23-20(26)14-11-16-7-4-6-15-5-2-3-8-19(15)16/h2-14H,1H3,(H,24,27)(H2,23,25,26,29)/b14-11+. The van der Waals surface area contributed by atoms with Crippen molar-refractivity contribution in [1.82, 2.24) is 16.2 Å². The van der Waals surface area contributed by atoms with Crippen molar-refractivity contribution in [2.45, 2.75) is 0 Å². The number of hydrogen-bond donors (Lipinski definition) is 3. The second-order valence-electron chi connectivity index (χ2n) is 6.03. The Morgan fingerprint density at radius 3 is 2.41 bits per heavy atom. The molecule has 3 aromatic rings. The van der Waals surface area contributed by atoms with Crippen LogP contribution in [0.4, 0.5) is 0 Å². The number of carbonyl (C=O) groups is 2. The van der Waals surface area contributed by atoms with Crippen LogP contribution in [0.25, 0.3) is 16.8 Å². The Morgan fingerprint density at radius 1 is 0.931 bits per heavy atom. The van der Waals surface area contributed by atoms with Crippen molar-refractivity contribution in [3.8, 4) is 5.75 Å². The topological polar surface area (TPSA) is 79.5 Å². The summed E-state index contributed by atoms with van der Waals surface area (Å²) in [6, 6.07) is 20.4. The van der Waals surface area contributed by atoms with Crippen LogP contribution in [0.1, 0.15) is 15.9 Å². The first-order valence-corrected chi connectivity index (χ1v) is 9.19. The Hall–Kier alpha value is -3.71. The van der Waals surface area contributed by atoms with Crippen LogP contribution in [0.3, 0.4) is 0 Å². The predicted molar refractivity (Wildman–Crippen MR) is 117 cm³/mol. The summed E-state index contributed by atoms with van der Waals surface area (Å²) < 4.78 is 5.05. The van der Waals surface area contributed by atoms with E-state index in [9.17, 15) is 9.59 Å². The number of hydrogen-bond acceptors (Lipinski definition) is 4. The minimum atomic E-state index is -0.408. The van der Waals surface area contributed by atoms with Gasteiger partial charge in [0.2, 0.25) is 5.91 Å². The highest BCUT2D eigenvalue weighted by molar-refractivity contribution is 7.80. The molecule has 0 aliphatic carbocycles. The monoisotopic (exact) mass is 405 g/mol. The summed E-state index contributed by atoms with van der Waals surface area (Å²) in [4.78, 5) is 24.2. The zero-order valence-corrected chi connectivity index (χ0v) is 16.5. The first-order chi connectivity index (χ1) is 14.1. The Labute approximate surface area is 173 Å². The average molecular weight is 405 g/mol. The molecule has 0 saturated heterocycles. The van der Waals surface area contributed by atoms with Gasteiger partial charge in [0.1, 0.15) is 5.75 Å². The third-order valence-electron chi connectivity index (χ3n) is 4.12. The van der Waals surface area contributed by atoms with Crippen LogP contribution in [0.15, 0.2) is 72.8 Å². The van der Waals surface area contributed by atoms with Crippen molar-refractivity contribution in [2.24, 2.45) is 0 Å². The molecule has 0 heterocycles. The van der Waals surface area contributed by atoms with E-state index >= 15 is 0 Å². The van der Waals surface area contributed by atoms with Crippen molar-refractivity contribution < 1.29 is 14.3 Å². The van der Waals surface area contributed by atoms with E-state index < -0.39 is 11.8 Å². The molecule has 2 amide bonds. The summed E-state index contributed by atoms with van der Waals surface area (Å²) >= 11 is 5.03. The van der Waals surface area contributed by atoms with E-state index in [2.05, 4.69) is 16.2 Å². The molecular weight excluding hydrogens is 386 g/mol. The largest absolute Gasteiger partial charge is 0.497 e. The van der Waals surface area contributed by atoms with Crippen LogP contribution >= 0.6 is 12.2 Å². The van der Waals surface area contributed by atoms with Crippen molar-refractivity contribution >= 4 is 46.0 Å². The molecule has 0 fully saturated rings. The zero-order chi connectivity index (χ0) is 20.6. The van der Waals surface area contributed by atoms with E-state index in [1.807, 2.05) is 42.5 Å². The molecule has 3 aromatic carbocycles. The summed E-state index contributed by atoms with van der Waals surface area (Å²) in [6.45, 7) is 0.